The van der Waals surface area contributed by atoms with Gasteiger partial charge < -0.3 is 15.4 Å². The van der Waals surface area contributed by atoms with E-state index in [9.17, 15) is 9.59 Å². The van der Waals surface area contributed by atoms with Gasteiger partial charge in [-0.3, -0.25) is 34.1 Å². The van der Waals surface area contributed by atoms with Gasteiger partial charge in [-0.05, 0) is 77.0 Å². The summed E-state index contributed by atoms with van der Waals surface area (Å²) in [5.41, 5.74) is 6.42. The Hall–Kier alpha value is -3.96. The quantitative estimate of drug-likeness (QED) is 0.414. The van der Waals surface area contributed by atoms with Crippen molar-refractivity contribution in [3.8, 4) is 0 Å². The van der Waals surface area contributed by atoms with Gasteiger partial charge in [0.15, 0.2) is 0 Å². The third-order valence-corrected chi connectivity index (χ3v) is 8.86. The average Bonchev–Trinajstić information content (AvgIpc) is 3.70. The van der Waals surface area contributed by atoms with Crippen LogP contribution in [0.4, 0.5) is 11.4 Å². The minimum absolute atomic E-state index is 0.0673. The lowest BCUT2D eigenvalue weighted by atomic mass is 10.1. The first-order chi connectivity index (χ1) is 21.2. The van der Waals surface area contributed by atoms with Crippen LogP contribution in [-0.4, -0.2) is 82.8 Å². The summed E-state index contributed by atoms with van der Waals surface area (Å²) in [6, 6.07) is 2.10. The van der Waals surface area contributed by atoms with E-state index in [-0.39, 0.29) is 17.9 Å². The van der Waals surface area contributed by atoms with E-state index >= 15 is 0 Å². The first kappa shape index (κ1) is 31.5. The van der Waals surface area contributed by atoms with Crippen LogP contribution in [0.25, 0.3) is 5.70 Å². The van der Waals surface area contributed by atoms with E-state index in [1.54, 1.807) is 31.8 Å². The Morgan fingerprint density at radius 2 is 1.91 bits per heavy atom. The second-order valence-electron chi connectivity index (χ2n) is 12.0. The highest BCUT2D eigenvalue weighted by Crippen LogP contribution is 2.37. The molecule has 3 unspecified atom stereocenters. The molecule has 1 aliphatic carbocycles. The van der Waals surface area contributed by atoms with Gasteiger partial charge in [0, 0.05) is 43.4 Å². The Kier molecular flexibility index (Phi) is 9.85. The number of nitrogens with zero attached hydrogens (tertiary/aromatic N) is 6. The molecule has 1 saturated carbocycles. The number of aryl methyl sites for hydroxylation is 2. The van der Waals surface area contributed by atoms with E-state index in [0.29, 0.717) is 54.0 Å². The molecule has 11 heteroatoms. The maximum atomic E-state index is 13.6. The second-order valence-corrected chi connectivity index (χ2v) is 12.0. The smallest absolute Gasteiger partial charge is 0.257 e. The van der Waals surface area contributed by atoms with Crippen molar-refractivity contribution in [2.24, 2.45) is 15.9 Å². The van der Waals surface area contributed by atoms with E-state index in [0.717, 1.165) is 41.5 Å². The molecule has 5 rings (SSSR count). The van der Waals surface area contributed by atoms with Crippen molar-refractivity contribution in [3.05, 3.63) is 52.1 Å². The van der Waals surface area contributed by atoms with Crippen molar-refractivity contribution in [2.45, 2.75) is 78.9 Å². The molecular formula is C33H44N8O3. The van der Waals surface area contributed by atoms with Crippen molar-refractivity contribution in [1.82, 2.24) is 19.7 Å². The molecule has 1 saturated heterocycles. The van der Waals surface area contributed by atoms with Gasteiger partial charge in [-0.1, -0.05) is 6.92 Å². The van der Waals surface area contributed by atoms with Crippen molar-refractivity contribution in [3.63, 3.8) is 0 Å². The van der Waals surface area contributed by atoms with Gasteiger partial charge in [-0.25, -0.2) is 0 Å². The van der Waals surface area contributed by atoms with Crippen LogP contribution in [0, 0.1) is 26.7 Å². The van der Waals surface area contributed by atoms with Gasteiger partial charge in [0.25, 0.3) is 5.91 Å². The monoisotopic (exact) mass is 600 g/mol. The average molecular weight is 601 g/mol. The molecule has 2 aromatic heterocycles. The fourth-order valence-electron chi connectivity index (χ4n) is 6.37. The summed E-state index contributed by atoms with van der Waals surface area (Å²) in [5.74, 6) is 0.340. The molecule has 0 spiro atoms. The van der Waals surface area contributed by atoms with Crippen LogP contribution in [0.15, 0.2) is 39.5 Å². The summed E-state index contributed by atoms with van der Waals surface area (Å²) < 4.78 is 7.18. The van der Waals surface area contributed by atoms with Crippen LogP contribution in [0.5, 0.6) is 0 Å². The number of ether oxygens (including phenoxy) is 1. The maximum Gasteiger partial charge on any atom is 0.257 e. The Labute approximate surface area is 259 Å². The SMILES string of the molecule is CCC1\C=C(c2c(C)nn(CCOC)c2C)/N=C\C(C)=C(/C(=O)Nc2cc(NC(=O)CN3CC4CCC3C4)cnc2C)C=N1. The molecule has 44 heavy (non-hydrogen) atoms. The van der Waals surface area contributed by atoms with Crippen molar-refractivity contribution in [2.75, 3.05) is 37.4 Å². The number of allylic oxidation sites excluding steroid dienone is 1. The van der Waals surface area contributed by atoms with Crippen LogP contribution in [0.1, 0.15) is 62.2 Å². The molecule has 4 heterocycles. The van der Waals surface area contributed by atoms with Gasteiger partial charge in [0.1, 0.15) is 0 Å². The Balaban J connectivity index is 1.33. The fourth-order valence-corrected chi connectivity index (χ4v) is 6.37. The topological polar surface area (TPSA) is 126 Å². The Morgan fingerprint density at radius 3 is 2.61 bits per heavy atom. The number of hydrogen-bond acceptors (Lipinski definition) is 8. The zero-order valence-corrected chi connectivity index (χ0v) is 26.7. The van der Waals surface area contributed by atoms with Crippen molar-refractivity contribution in [1.29, 1.82) is 0 Å². The summed E-state index contributed by atoms with van der Waals surface area (Å²) in [7, 11) is 1.68. The van der Waals surface area contributed by atoms with Crippen LogP contribution in [0.2, 0.25) is 0 Å². The number of hydrogen-bond donors (Lipinski definition) is 2. The van der Waals surface area contributed by atoms with Gasteiger partial charge in [-0.2, -0.15) is 5.10 Å². The molecule has 234 valence electrons. The van der Waals surface area contributed by atoms with E-state index in [2.05, 4.69) is 27.4 Å². The zero-order valence-electron chi connectivity index (χ0n) is 26.7. The van der Waals surface area contributed by atoms with Crippen LogP contribution >= 0.6 is 0 Å². The van der Waals surface area contributed by atoms with E-state index < -0.39 is 0 Å². The molecule has 11 nitrogen and oxygen atoms in total. The number of carbonyl (C=O) groups is 2. The number of anilines is 2. The molecule has 2 fully saturated rings. The van der Waals surface area contributed by atoms with Crippen molar-refractivity contribution < 1.29 is 14.3 Å². The Bertz CT molecular complexity index is 1540. The molecule has 2 amide bonds. The van der Waals surface area contributed by atoms with Crippen LogP contribution in [-0.2, 0) is 20.9 Å². The molecule has 2 aromatic rings. The number of likely N-dealkylation sites (tertiary alicyclic amines) is 1. The number of piperidine rings is 1. The van der Waals surface area contributed by atoms with E-state index in [4.69, 9.17) is 19.8 Å². The molecule has 2 aliphatic heterocycles. The van der Waals surface area contributed by atoms with E-state index in [1.807, 2.05) is 38.5 Å². The number of rotatable bonds is 10. The fraction of sp³-hybridized carbons (Fsp3) is 0.515. The Morgan fingerprint density at radius 1 is 1.09 bits per heavy atom. The lowest BCUT2D eigenvalue weighted by Crippen LogP contribution is -2.38. The number of nitrogens with one attached hydrogen (secondary N) is 2. The summed E-state index contributed by atoms with van der Waals surface area (Å²) >= 11 is 0. The first-order valence-electron chi connectivity index (χ1n) is 15.5. The highest BCUT2D eigenvalue weighted by Gasteiger charge is 2.38. The first-order valence-corrected chi connectivity index (χ1v) is 15.5. The minimum atomic E-state index is -0.322. The number of pyridine rings is 1. The summed E-state index contributed by atoms with van der Waals surface area (Å²) in [5, 5.41) is 10.7. The van der Waals surface area contributed by atoms with Gasteiger partial charge in [-0.15, -0.1) is 0 Å². The van der Waals surface area contributed by atoms with Crippen LogP contribution in [0.3, 0.4) is 0 Å². The number of amides is 2. The molecule has 2 N–H and O–H groups in total. The molecule has 3 aliphatic rings. The maximum absolute atomic E-state index is 13.6. The zero-order chi connectivity index (χ0) is 31.4. The highest BCUT2D eigenvalue weighted by molar-refractivity contribution is 6.21. The standard InChI is InChI=1S/C33H44N8O3/c1-7-25-13-30(32-22(4)39-41(23(32)5)10-11-44-6)36-15-20(2)28(17-35-25)33(43)38-29-14-26(16-34-21(29)3)37-31(42)19-40-18-24-8-9-27(40)12-24/h13-17,24-25,27H,7-12,18-19H2,1-6H3,(H,37,42)(H,38,43)/b28-20-,30-13-,35-17?,36-15-. The van der Waals surface area contributed by atoms with Gasteiger partial charge >= 0.3 is 0 Å². The number of aliphatic imine (C=N–C) groups is 2. The molecule has 2 bridgehead atoms. The van der Waals surface area contributed by atoms with Crippen LogP contribution < -0.4 is 10.6 Å². The molecule has 0 radical (unpaired) electrons. The molecular weight excluding hydrogens is 556 g/mol. The number of aromatic nitrogens is 3. The second kappa shape index (κ2) is 13.8. The third kappa shape index (κ3) is 7.05. The number of carbonyl (C=O) groups excluding carboxylic acids is 2. The minimum Gasteiger partial charge on any atom is -0.383 e. The number of fused-ring (bicyclic) bond motifs is 2. The number of methoxy groups -OCH3 is 1. The summed E-state index contributed by atoms with van der Waals surface area (Å²) in [6.45, 7) is 12.3. The largest absolute Gasteiger partial charge is 0.383 e. The predicted octanol–water partition coefficient (Wildman–Crippen LogP) is 4.50. The highest BCUT2D eigenvalue weighted by atomic mass is 16.5. The summed E-state index contributed by atoms with van der Waals surface area (Å²) in [6.07, 6.45) is 11.4. The van der Waals surface area contributed by atoms with Crippen molar-refractivity contribution >= 4 is 41.3 Å². The van der Waals surface area contributed by atoms with E-state index in [1.165, 1.54) is 19.3 Å². The predicted molar refractivity (Wildman–Crippen MR) is 174 cm³/mol. The molecule has 3 atom stereocenters. The lowest BCUT2D eigenvalue weighted by Gasteiger charge is -2.25. The van der Waals surface area contributed by atoms with Gasteiger partial charge in [0.2, 0.25) is 5.91 Å². The lowest BCUT2D eigenvalue weighted by molar-refractivity contribution is -0.117. The third-order valence-electron chi connectivity index (χ3n) is 8.86. The van der Waals surface area contributed by atoms with Gasteiger partial charge in [0.05, 0.1) is 66.0 Å². The molecule has 0 aromatic carbocycles. The normalized spacial score (nSPS) is 25.2. The summed E-state index contributed by atoms with van der Waals surface area (Å²) in [4.78, 5) is 42.7.